The number of furan rings is 1. The molecule has 0 bridgehead atoms. The average Bonchev–Trinajstić information content (AvgIpc) is 3.06. The average molecular weight is 342 g/mol. The van der Waals surface area contributed by atoms with E-state index in [4.69, 9.17) is 13.6 Å². The summed E-state index contributed by atoms with van der Waals surface area (Å²) in [6.07, 6.45) is 1.04. The van der Waals surface area contributed by atoms with Crippen molar-refractivity contribution >= 4 is 48.8 Å². The Labute approximate surface area is 162 Å². The van der Waals surface area contributed by atoms with Crippen molar-refractivity contribution in [3.05, 3.63) is 30.0 Å². The van der Waals surface area contributed by atoms with Gasteiger partial charge in [0.1, 0.15) is 11.5 Å². The molecule has 1 aromatic heterocycles. The molecule has 1 atom stereocenters. The van der Waals surface area contributed by atoms with Gasteiger partial charge in [-0.15, -0.1) is 0 Å². The van der Waals surface area contributed by atoms with Gasteiger partial charge in [-0.1, -0.05) is 32.9 Å². The normalized spacial score (nSPS) is 18.9. The third kappa shape index (κ3) is 3.88. The van der Waals surface area contributed by atoms with Crippen LogP contribution in [-0.4, -0.2) is 51.1 Å². The molecule has 0 N–H and O–H groups in total. The van der Waals surface area contributed by atoms with Crippen molar-refractivity contribution in [2.75, 3.05) is 13.2 Å². The van der Waals surface area contributed by atoms with Crippen molar-refractivity contribution in [2.45, 2.75) is 51.2 Å². The summed E-state index contributed by atoms with van der Waals surface area (Å²) in [5.41, 5.74) is 0.884. The number of hydrogen-bond acceptors (Lipinski definition) is 3. The van der Waals surface area contributed by atoms with Crippen LogP contribution in [0.1, 0.15) is 38.9 Å². The van der Waals surface area contributed by atoms with Crippen LogP contribution in [0.15, 0.2) is 28.7 Å². The fourth-order valence-corrected chi connectivity index (χ4v) is 3.54. The van der Waals surface area contributed by atoms with E-state index in [1.807, 2.05) is 6.07 Å². The zero-order valence-electron chi connectivity index (χ0n) is 14.2. The van der Waals surface area contributed by atoms with Crippen LogP contribution in [0.25, 0.3) is 11.0 Å². The van der Waals surface area contributed by atoms with E-state index in [1.54, 1.807) is 0 Å². The van der Waals surface area contributed by atoms with E-state index in [2.05, 4.69) is 52.1 Å². The van der Waals surface area contributed by atoms with Crippen LogP contribution < -0.4 is 4.43 Å². The Balaban J connectivity index is 0.00000192. The van der Waals surface area contributed by atoms with E-state index in [9.17, 15) is 0 Å². The number of hydrogen-bond donors (Lipinski definition) is 0. The fraction of sp³-hybridized carbons (Fsp3) is 0.556. The molecule has 1 saturated heterocycles. The van der Waals surface area contributed by atoms with Crippen LogP contribution in [0.4, 0.5) is 0 Å². The summed E-state index contributed by atoms with van der Waals surface area (Å²) in [7, 11) is -1.87. The van der Waals surface area contributed by atoms with Gasteiger partial charge in [0.05, 0.1) is 6.61 Å². The zero-order valence-corrected chi connectivity index (χ0v) is 15.2. The van der Waals surface area contributed by atoms with Crippen molar-refractivity contribution in [1.82, 2.24) is 0 Å². The predicted molar refractivity (Wildman–Crippen MR) is 99.4 cm³/mol. The molecular weight excluding hydrogens is 315 g/mol. The zero-order chi connectivity index (χ0) is 16.0. The van der Waals surface area contributed by atoms with Crippen LogP contribution in [0.3, 0.4) is 0 Å². The Morgan fingerprint density at radius 3 is 2.57 bits per heavy atom. The van der Waals surface area contributed by atoms with Crippen LogP contribution in [0, 0.1) is 0 Å². The molecule has 1 fully saturated rings. The summed E-state index contributed by atoms with van der Waals surface area (Å²) in [6.45, 7) is 12.9. The van der Waals surface area contributed by atoms with Gasteiger partial charge < -0.3 is 13.6 Å². The van der Waals surface area contributed by atoms with Gasteiger partial charge in [-0.25, -0.2) is 0 Å². The van der Waals surface area contributed by atoms with Gasteiger partial charge in [0.15, 0.2) is 5.58 Å². The fourth-order valence-electron chi connectivity index (χ4n) is 2.52. The molecule has 0 saturated carbocycles. The molecule has 122 valence electrons. The molecule has 0 radical (unpaired) electrons. The van der Waals surface area contributed by atoms with Gasteiger partial charge >= 0.3 is 29.6 Å². The summed E-state index contributed by atoms with van der Waals surface area (Å²) in [6, 6.07) is 8.32. The monoisotopic (exact) mass is 342 g/mol. The standard InChI is InChI=1S/C18H26O3Si.Na.H/c1-18(2,3)22(4,5)21-15-8-6-7-13-11-16(20-17(13)15)14-9-10-19-12-14;;/h6-8,11,14H,9-10,12H2,1-5H3;;. The number of benzene rings is 1. The Hall–Kier alpha value is -0.263. The number of rotatable bonds is 3. The second kappa shape index (κ2) is 6.93. The molecule has 5 heteroatoms. The minimum atomic E-state index is -1.87. The van der Waals surface area contributed by atoms with Gasteiger partial charge in [0.2, 0.25) is 0 Å². The maximum atomic E-state index is 6.47. The molecule has 0 amide bonds. The molecule has 1 unspecified atom stereocenters. The van der Waals surface area contributed by atoms with E-state index in [1.165, 1.54) is 0 Å². The molecule has 0 aliphatic carbocycles. The van der Waals surface area contributed by atoms with E-state index in [-0.39, 0.29) is 34.6 Å². The first-order chi connectivity index (χ1) is 10.3. The minimum absolute atomic E-state index is 0. The van der Waals surface area contributed by atoms with Gasteiger partial charge in [-0.2, -0.15) is 0 Å². The van der Waals surface area contributed by atoms with E-state index >= 15 is 0 Å². The molecule has 3 nitrogen and oxygen atoms in total. The molecule has 3 rings (SSSR count). The number of para-hydroxylation sites is 1. The van der Waals surface area contributed by atoms with Gasteiger partial charge in [0, 0.05) is 17.9 Å². The second-order valence-corrected chi connectivity index (χ2v) is 12.5. The first-order valence-corrected chi connectivity index (χ1v) is 11.0. The molecule has 2 aromatic rings. The van der Waals surface area contributed by atoms with Gasteiger partial charge in [0.25, 0.3) is 8.32 Å². The van der Waals surface area contributed by atoms with Crippen LogP contribution in [0.5, 0.6) is 5.75 Å². The SMILES string of the molecule is CC(C)(C)[Si](C)(C)Oc1cccc2cc(C3CCOC3)oc12.[NaH]. The maximum absolute atomic E-state index is 6.47. The summed E-state index contributed by atoms with van der Waals surface area (Å²) >= 11 is 0. The Bertz CT molecular complexity index is 666. The topological polar surface area (TPSA) is 31.6 Å². The first-order valence-electron chi connectivity index (χ1n) is 8.07. The van der Waals surface area contributed by atoms with E-state index in [0.717, 1.165) is 42.1 Å². The van der Waals surface area contributed by atoms with Crippen molar-refractivity contribution in [2.24, 2.45) is 0 Å². The van der Waals surface area contributed by atoms with E-state index in [0.29, 0.717) is 5.92 Å². The van der Waals surface area contributed by atoms with Gasteiger partial charge in [-0.05, 0) is 36.7 Å². The van der Waals surface area contributed by atoms with Crippen LogP contribution >= 0.6 is 0 Å². The summed E-state index contributed by atoms with van der Waals surface area (Å²) < 4.78 is 18.1. The predicted octanol–water partition coefficient (Wildman–Crippen LogP) is 4.67. The summed E-state index contributed by atoms with van der Waals surface area (Å²) in [5, 5.41) is 1.29. The Morgan fingerprint density at radius 1 is 1.22 bits per heavy atom. The van der Waals surface area contributed by atoms with Crippen molar-refractivity contribution < 1.29 is 13.6 Å². The van der Waals surface area contributed by atoms with Crippen LogP contribution in [0.2, 0.25) is 18.1 Å². The Kier molecular flexibility index (Phi) is 5.74. The molecule has 0 spiro atoms. The third-order valence-electron chi connectivity index (χ3n) is 5.03. The van der Waals surface area contributed by atoms with E-state index < -0.39 is 8.32 Å². The molecular formula is C18H27NaO3Si. The summed E-state index contributed by atoms with van der Waals surface area (Å²) in [5.74, 6) is 2.29. The van der Waals surface area contributed by atoms with Crippen molar-refractivity contribution in [1.29, 1.82) is 0 Å². The molecule has 1 aliphatic rings. The first kappa shape index (κ1) is 19.1. The number of ether oxygens (including phenoxy) is 1. The quantitative estimate of drug-likeness (QED) is 0.760. The van der Waals surface area contributed by atoms with Crippen molar-refractivity contribution in [3.63, 3.8) is 0 Å². The van der Waals surface area contributed by atoms with Gasteiger partial charge in [-0.3, -0.25) is 0 Å². The molecule has 1 aromatic carbocycles. The molecule has 23 heavy (non-hydrogen) atoms. The summed E-state index contributed by atoms with van der Waals surface area (Å²) in [4.78, 5) is 0. The Morgan fingerprint density at radius 2 is 1.96 bits per heavy atom. The molecule has 1 aliphatic heterocycles. The third-order valence-corrected chi connectivity index (χ3v) is 9.37. The number of fused-ring (bicyclic) bond motifs is 1. The van der Waals surface area contributed by atoms with Crippen LogP contribution in [-0.2, 0) is 4.74 Å². The second-order valence-electron chi connectivity index (χ2n) is 7.75. The van der Waals surface area contributed by atoms with Crippen molar-refractivity contribution in [3.8, 4) is 5.75 Å². The molecule has 2 heterocycles.